The summed E-state index contributed by atoms with van der Waals surface area (Å²) < 4.78 is 0. The fourth-order valence-corrected chi connectivity index (χ4v) is 5.11. The molecule has 0 bridgehead atoms. The first kappa shape index (κ1) is 26.1. The first-order valence-electron chi connectivity index (χ1n) is 11.5. The molecule has 0 fully saturated rings. The highest BCUT2D eigenvalue weighted by molar-refractivity contribution is 6.21. The smallest absolute Gasteiger partial charge is 0.0376 e. The molecule has 0 aliphatic heterocycles. The van der Waals surface area contributed by atoms with Gasteiger partial charge in [-0.15, -0.1) is 46.4 Å². The Morgan fingerprint density at radius 3 is 1.80 bits per heavy atom. The Bertz CT molecular complexity index is 715. The molecule has 0 saturated heterocycles. The van der Waals surface area contributed by atoms with E-state index < -0.39 is 0 Å². The number of fused-ring (bicyclic) bond motifs is 1. The third-order valence-corrected chi connectivity index (χ3v) is 7.09. The summed E-state index contributed by atoms with van der Waals surface area (Å²) in [6.07, 6.45) is 13.3. The van der Waals surface area contributed by atoms with Gasteiger partial charge in [-0.1, -0.05) is 74.9 Å². The predicted octanol–water partition coefficient (Wildman–Crippen LogP) is 9.52. The summed E-state index contributed by atoms with van der Waals surface area (Å²) in [5, 5.41) is 2.95. The third kappa shape index (κ3) is 9.56. The van der Waals surface area contributed by atoms with Crippen LogP contribution in [0.1, 0.15) is 75.3 Å². The van der Waals surface area contributed by atoms with E-state index >= 15 is 0 Å². The topological polar surface area (TPSA) is 0 Å². The predicted molar refractivity (Wildman–Crippen MR) is 138 cm³/mol. The first-order valence-corrected chi connectivity index (χ1v) is 13.5. The SMILES string of the molecule is ClCCCCCCC(Cl)Cc1ccc2ccccc2c1CC(Cl)CCCCCCCl. The lowest BCUT2D eigenvalue weighted by Gasteiger charge is -2.18. The van der Waals surface area contributed by atoms with Gasteiger partial charge in [-0.05, 0) is 60.4 Å². The Hall–Kier alpha value is -0.140. The molecule has 0 radical (unpaired) electrons. The Morgan fingerprint density at radius 1 is 0.600 bits per heavy atom. The maximum absolute atomic E-state index is 6.80. The van der Waals surface area contributed by atoms with E-state index in [0.29, 0.717) is 0 Å². The summed E-state index contributed by atoms with van der Waals surface area (Å²) in [5.41, 5.74) is 2.75. The van der Waals surface area contributed by atoms with Crippen LogP contribution in [0, 0.1) is 0 Å². The first-order chi connectivity index (χ1) is 14.7. The molecule has 0 saturated carbocycles. The highest BCUT2D eigenvalue weighted by atomic mass is 35.5. The minimum absolute atomic E-state index is 0.162. The van der Waals surface area contributed by atoms with Crippen LogP contribution in [0.5, 0.6) is 0 Å². The maximum Gasteiger partial charge on any atom is 0.0376 e. The minimum Gasteiger partial charge on any atom is -0.127 e. The third-order valence-electron chi connectivity index (χ3n) is 5.81. The molecule has 0 heterocycles. The van der Waals surface area contributed by atoms with Crippen molar-refractivity contribution in [2.24, 2.45) is 0 Å². The van der Waals surface area contributed by atoms with E-state index in [1.807, 2.05) is 0 Å². The van der Waals surface area contributed by atoms with Crippen LogP contribution in [0.3, 0.4) is 0 Å². The minimum atomic E-state index is 0.162. The van der Waals surface area contributed by atoms with Gasteiger partial charge in [0.25, 0.3) is 0 Å². The van der Waals surface area contributed by atoms with Gasteiger partial charge in [0.1, 0.15) is 0 Å². The van der Waals surface area contributed by atoms with Crippen molar-refractivity contribution in [3.8, 4) is 0 Å². The number of alkyl halides is 4. The van der Waals surface area contributed by atoms with Crippen LogP contribution in [-0.2, 0) is 12.8 Å². The van der Waals surface area contributed by atoms with Crippen LogP contribution in [0.25, 0.3) is 10.8 Å². The van der Waals surface area contributed by atoms with E-state index in [-0.39, 0.29) is 10.8 Å². The summed E-state index contributed by atoms with van der Waals surface area (Å²) >= 11 is 25.1. The lowest BCUT2D eigenvalue weighted by molar-refractivity contribution is 0.606. The summed E-state index contributed by atoms with van der Waals surface area (Å²) in [6.45, 7) is 0. The molecular formula is C26H36Cl4. The molecule has 0 amide bonds. The molecule has 0 aliphatic carbocycles. The second-order valence-corrected chi connectivity index (χ2v) is 10.3. The second kappa shape index (κ2) is 15.6. The normalized spacial score (nSPS) is 13.6. The number of halogens is 4. The highest BCUT2D eigenvalue weighted by Crippen LogP contribution is 2.29. The number of hydrogen-bond donors (Lipinski definition) is 0. The van der Waals surface area contributed by atoms with Crippen LogP contribution < -0.4 is 0 Å². The molecule has 0 nitrogen and oxygen atoms in total. The zero-order valence-electron chi connectivity index (χ0n) is 18.0. The van der Waals surface area contributed by atoms with Crippen LogP contribution in [0.4, 0.5) is 0 Å². The molecule has 0 N–H and O–H groups in total. The van der Waals surface area contributed by atoms with E-state index in [0.717, 1.165) is 50.3 Å². The molecule has 4 heteroatoms. The fraction of sp³-hybridized carbons (Fsp3) is 0.615. The van der Waals surface area contributed by atoms with E-state index in [4.69, 9.17) is 46.4 Å². The Balaban J connectivity index is 2.00. The van der Waals surface area contributed by atoms with Gasteiger partial charge < -0.3 is 0 Å². The molecule has 168 valence electrons. The van der Waals surface area contributed by atoms with Crippen LogP contribution >= 0.6 is 46.4 Å². The van der Waals surface area contributed by atoms with Gasteiger partial charge >= 0.3 is 0 Å². The van der Waals surface area contributed by atoms with Gasteiger partial charge in [0.15, 0.2) is 0 Å². The molecule has 0 aromatic heterocycles. The summed E-state index contributed by atoms with van der Waals surface area (Å²) in [7, 11) is 0. The molecule has 30 heavy (non-hydrogen) atoms. The Kier molecular flexibility index (Phi) is 13.6. The largest absolute Gasteiger partial charge is 0.127 e. The van der Waals surface area contributed by atoms with Crippen molar-refractivity contribution in [1.82, 2.24) is 0 Å². The van der Waals surface area contributed by atoms with Crippen LogP contribution in [0.15, 0.2) is 36.4 Å². The Labute approximate surface area is 203 Å². The van der Waals surface area contributed by atoms with Crippen molar-refractivity contribution in [3.63, 3.8) is 0 Å². The summed E-state index contributed by atoms with van der Waals surface area (Å²) in [6, 6.07) is 13.1. The number of unbranched alkanes of at least 4 members (excludes halogenated alkanes) is 6. The maximum atomic E-state index is 6.80. The van der Waals surface area contributed by atoms with Crippen LogP contribution in [-0.4, -0.2) is 22.5 Å². The van der Waals surface area contributed by atoms with Crippen molar-refractivity contribution in [2.45, 2.75) is 87.8 Å². The average Bonchev–Trinajstić information content (AvgIpc) is 2.75. The molecule has 0 aliphatic rings. The lowest BCUT2D eigenvalue weighted by Crippen LogP contribution is -2.10. The van der Waals surface area contributed by atoms with E-state index in [2.05, 4.69) is 36.4 Å². The molecule has 2 aromatic rings. The lowest BCUT2D eigenvalue weighted by atomic mass is 9.91. The van der Waals surface area contributed by atoms with Gasteiger partial charge in [-0.2, -0.15) is 0 Å². The zero-order valence-corrected chi connectivity index (χ0v) is 21.1. The number of hydrogen-bond acceptors (Lipinski definition) is 0. The van der Waals surface area contributed by atoms with Gasteiger partial charge in [0.05, 0.1) is 0 Å². The van der Waals surface area contributed by atoms with Crippen molar-refractivity contribution in [3.05, 3.63) is 47.5 Å². The zero-order chi connectivity index (χ0) is 21.6. The monoisotopic (exact) mass is 488 g/mol. The van der Waals surface area contributed by atoms with Gasteiger partial charge in [-0.3, -0.25) is 0 Å². The van der Waals surface area contributed by atoms with Crippen molar-refractivity contribution >= 4 is 57.2 Å². The number of benzene rings is 2. The average molecular weight is 490 g/mol. The van der Waals surface area contributed by atoms with Crippen molar-refractivity contribution in [2.75, 3.05) is 11.8 Å². The van der Waals surface area contributed by atoms with Crippen molar-refractivity contribution < 1.29 is 0 Å². The second-order valence-electron chi connectivity index (χ2n) is 8.31. The van der Waals surface area contributed by atoms with Gasteiger partial charge in [-0.25, -0.2) is 0 Å². The molecule has 2 unspecified atom stereocenters. The fourth-order valence-electron chi connectivity index (χ4n) is 4.11. The van der Waals surface area contributed by atoms with Crippen molar-refractivity contribution in [1.29, 1.82) is 0 Å². The molecule has 2 rings (SSSR count). The summed E-state index contributed by atoms with van der Waals surface area (Å²) in [5.74, 6) is 1.52. The Morgan fingerprint density at radius 2 is 1.17 bits per heavy atom. The van der Waals surface area contributed by atoms with Gasteiger partial charge in [0.2, 0.25) is 0 Å². The van der Waals surface area contributed by atoms with Gasteiger partial charge in [0, 0.05) is 22.5 Å². The van der Waals surface area contributed by atoms with E-state index in [1.54, 1.807) is 0 Å². The quantitative estimate of drug-likeness (QED) is 0.162. The molecule has 0 spiro atoms. The number of rotatable bonds is 16. The molecule has 2 aromatic carbocycles. The standard InChI is InChI=1S/C26H36Cl4/c27-17-9-3-1-5-12-23(29)19-22-16-15-21-11-7-8-14-25(21)26(22)20-24(30)13-6-2-4-10-18-28/h7-8,11,14-16,23-24H,1-6,9-10,12-13,17-20H2. The van der Waals surface area contributed by atoms with E-state index in [1.165, 1.54) is 60.4 Å². The molecular weight excluding hydrogens is 454 g/mol. The summed E-state index contributed by atoms with van der Waals surface area (Å²) in [4.78, 5) is 0. The molecule has 2 atom stereocenters. The highest BCUT2D eigenvalue weighted by Gasteiger charge is 2.15. The van der Waals surface area contributed by atoms with Crippen LogP contribution in [0.2, 0.25) is 0 Å². The van der Waals surface area contributed by atoms with E-state index in [9.17, 15) is 0 Å².